The van der Waals surface area contributed by atoms with Crippen LogP contribution in [0.15, 0.2) is 48.5 Å². The molecule has 6 heteroatoms. The van der Waals surface area contributed by atoms with Crippen molar-refractivity contribution in [1.82, 2.24) is 4.98 Å². The summed E-state index contributed by atoms with van der Waals surface area (Å²) in [4.78, 5) is 3.14. The van der Waals surface area contributed by atoms with Crippen LogP contribution >= 0.6 is 11.6 Å². The maximum absolute atomic E-state index is 11.5. The molecule has 4 nitrogen and oxygen atoms in total. The maximum Gasteiger partial charge on any atom is 0.150 e. The van der Waals surface area contributed by atoms with E-state index in [1.807, 2.05) is 42.5 Å². The fraction of sp³-hybridized carbons (Fsp3) is 0.176. The summed E-state index contributed by atoms with van der Waals surface area (Å²) in [7, 11) is -3.31. The van der Waals surface area contributed by atoms with E-state index in [1.54, 1.807) is 6.07 Å². The molecule has 0 aliphatic heterocycles. The van der Waals surface area contributed by atoms with E-state index in [0.717, 1.165) is 28.3 Å². The molecule has 0 saturated carbocycles. The van der Waals surface area contributed by atoms with Crippen molar-refractivity contribution in [2.24, 2.45) is 0 Å². The number of H-pyrrole nitrogens is 1. The molecule has 2 N–H and O–H groups in total. The van der Waals surface area contributed by atoms with Crippen molar-refractivity contribution in [2.45, 2.75) is 6.10 Å². The normalized spacial score (nSPS) is 13.3. The molecule has 0 aliphatic rings. The van der Waals surface area contributed by atoms with Crippen LogP contribution in [-0.2, 0) is 9.84 Å². The van der Waals surface area contributed by atoms with Crippen molar-refractivity contribution >= 4 is 32.3 Å². The Bertz CT molecular complexity index is 949. The average molecular weight is 350 g/mol. The van der Waals surface area contributed by atoms with Gasteiger partial charge in [-0.05, 0) is 23.8 Å². The van der Waals surface area contributed by atoms with Gasteiger partial charge in [-0.1, -0.05) is 41.9 Å². The quantitative estimate of drug-likeness (QED) is 0.756. The maximum atomic E-state index is 11.5. The summed E-state index contributed by atoms with van der Waals surface area (Å²) in [6, 6.07) is 14.9. The monoisotopic (exact) mass is 349 g/mol. The van der Waals surface area contributed by atoms with Crippen LogP contribution in [0.1, 0.15) is 11.8 Å². The lowest BCUT2D eigenvalue weighted by molar-refractivity contribution is 0.198. The van der Waals surface area contributed by atoms with E-state index in [9.17, 15) is 13.5 Å². The number of hydrogen-bond acceptors (Lipinski definition) is 3. The van der Waals surface area contributed by atoms with E-state index in [-0.39, 0.29) is 5.75 Å². The molecule has 0 amide bonds. The van der Waals surface area contributed by atoms with Gasteiger partial charge in [-0.15, -0.1) is 0 Å². The number of sulfone groups is 1. The summed E-state index contributed by atoms with van der Waals surface area (Å²) >= 11 is 6.10. The molecule has 0 saturated heterocycles. The smallest absolute Gasteiger partial charge is 0.150 e. The number of aromatic amines is 1. The Morgan fingerprint density at radius 3 is 2.52 bits per heavy atom. The van der Waals surface area contributed by atoms with Gasteiger partial charge in [0.05, 0.1) is 11.4 Å². The van der Waals surface area contributed by atoms with E-state index in [0.29, 0.717) is 10.7 Å². The van der Waals surface area contributed by atoms with Crippen molar-refractivity contribution < 1.29 is 13.5 Å². The highest BCUT2D eigenvalue weighted by atomic mass is 35.5. The topological polar surface area (TPSA) is 70.2 Å². The lowest BCUT2D eigenvalue weighted by Crippen LogP contribution is -2.13. The molecule has 1 atom stereocenters. The predicted molar refractivity (Wildman–Crippen MR) is 93.4 cm³/mol. The minimum atomic E-state index is -3.31. The first-order chi connectivity index (χ1) is 10.8. The van der Waals surface area contributed by atoms with Gasteiger partial charge in [0.15, 0.2) is 0 Å². The molecule has 0 radical (unpaired) electrons. The summed E-state index contributed by atoms with van der Waals surface area (Å²) in [5, 5.41) is 11.9. The van der Waals surface area contributed by atoms with Gasteiger partial charge < -0.3 is 10.1 Å². The van der Waals surface area contributed by atoms with E-state index >= 15 is 0 Å². The molecule has 1 aromatic heterocycles. The van der Waals surface area contributed by atoms with Gasteiger partial charge in [0, 0.05) is 27.7 Å². The van der Waals surface area contributed by atoms with E-state index in [1.165, 1.54) is 0 Å². The summed E-state index contributed by atoms with van der Waals surface area (Å²) in [5.74, 6) is -0.340. The minimum absolute atomic E-state index is 0.340. The molecule has 23 heavy (non-hydrogen) atoms. The molecule has 2 aromatic carbocycles. The Balaban J connectivity index is 2.25. The Hall–Kier alpha value is -1.82. The van der Waals surface area contributed by atoms with Crippen molar-refractivity contribution in [2.75, 3.05) is 12.0 Å². The van der Waals surface area contributed by atoms with Crippen molar-refractivity contribution in [3.63, 3.8) is 0 Å². The van der Waals surface area contributed by atoms with Gasteiger partial charge in [0.25, 0.3) is 0 Å². The summed E-state index contributed by atoms with van der Waals surface area (Å²) < 4.78 is 23.1. The zero-order valence-electron chi connectivity index (χ0n) is 12.5. The molecule has 3 rings (SSSR count). The van der Waals surface area contributed by atoms with Crippen LogP contribution in [0.25, 0.3) is 22.0 Å². The number of benzene rings is 2. The first kappa shape index (κ1) is 16.1. The van der Waals surface area contributed by atoms with Gasteiger partial charge in [-0.25, -0.2) is 8.42 Å². The fourth-order valence-corrected chi connectivity index (χ4v) is 3.63. The number of nitrogens with one attached hydrogen (secondary N) is 1. The lowest BCUT2D eigenvalue weighted by atomic mass is 10.00. The Morgan fingerprint density at radius 1 is 1.17 bits per heavy atom. The second kappa shape index (κ2) is 6.00. The number of aliphatic hydroxyl groups excluding tert-OH is 1. The standard InChI is InChI=1S/C17H16ClNO3S/c1-23(21,22)10-15(20)17-16(11-5-3-2-4-6-11)13-9-12(18)7-8-14(13)19-17/h2-9,15,19-20H,10H2,1H3. The number of aromatic nitrogens is 1. The van der Waals surface area contributed by atoms with Crippen molar-refractivity contribution in [1.29, 1.82) is 0 Å². The van der Waals surface area contributed by atoms with Gasteiger partial charge in [0.1, 0.15) is 15.9 Å². The Kier molecular flexibility index (Phi) is 4.19. The second-order valence-electron chi connectivity index (χ2n) is 5.58. The summed E-state index contributed by atoms with van der Waals surface area (Å²) in [6.07, 6.45) is -0.0239. The van der Waals surface area contributed by atoms with Crippen LogP contribution in [0, 0.1) is 0 Å². The number of hydrogen-bond donors (Lipinski definition) is 2. The third-order valence-corrected chi connectivity index (χ3v) is 4.80. The van der Waals surface area contributed by atoms with Gasteiger partial charge in [0.2, 0.25) is 0 Å². The largest absolute Gasteiger partial charge is 0.386 e. The predicted octanol–water partition coefficient (Wildman–Crippen LogP) is 3.57. The lowest BCUT2D eigenvalue weighted by Gasteiger charge is -2.11. The highest BCUT2D eigenvalue weighted by molar-refractivity contribution is 7.90. The van der Waals surface area contributed by atoms with E-state index in [4.69, 9.17) is 11.6 Å². The molecular weight excluding hydrogens is 334 g/mol. The second-order valence-corrected chi connectivity index (χ2v) is 8.20. The molecule has 0 fully saturated rings. The summed E-state index contributed by atoms with van der Waals surface area (Å²) in [5.41, 5.74) is 2.96. The van der Waals surface area contributed by atoms with Gasteiger partial charge in [-0.2, -0.15) is 0 Å². The molecule has 1 heterocycles. The fourth-order valence-electron chi connectivity index (χ4n) is 2.72. The van der Waals surface area contributed by atoms with Crippen LogP contribution in [0.5, 0.6) is 0 Å². The molecule has 120 valence electrons. The summed E-state index contributed by atoms with van der Waals surface area (Å²) in [6.45, 7) is 0. The van der Waals surface area contributed by atoms with E-state index in [2.05, 4.69) is 4.98 Å². The Labute approximate surface area is 139 Å². The third kappa shape index (κ3) is 3.42. The van der Waals surface area contributed by atoms with Crippen LogP contribution in [-0.4, -0.2) is 30.5 Å². The molecule has 3 aromatic rings. The van der Waals surface area contributed by atoms with Gasteiger partial charge in [-0.3, -0.25) is 0 Å². The first-order valence-corrected chi connectivity index (χ1v) is 9.51. The highest BCUT2D eigenvalue weighted by Gasteiger charge is 2.22. The molecular formula is C17H16ClNO3S. The zero-order chi connectivity index (χ0) is 16.6. The number of aliphatic hydroxyl groups is 1. The first-order valence-electron chi connectivity index (χ1n) is 7.07. The number of halogens is 1. The van der Waals surface area contributed by atoms with Gasteiger partial charge >= 0.3 is 0 Å². The van der Waals surface area contributed by atoms with Crippen LogP contribution in [0.4, 0.5) is 0 Å². The SMILES string of the molecule is CS(=O)(=O)CC(O)c1[nH]c2ccc(Cl)cc2c1-c1ccccc1. The third-order valence-electron chi connectivity index (χ3n) is 3.65. The number of fused-ring (bicyclic) bond motifs is 1. The van der Waals surface area contributed by atoms with Crippen LogP contribution < -0.4 is 0 Å². The molecule has 0 bridgehead atoms. The van der Waals surface area contributed by atoms with Crippen molar-refractivity contribution in [3.8, 4) is 11.1 Å². The molecule has 1 unspecified atom stereocenters. The zero-order valence-corrected chi connectivity index (χ0v) is 14.0. The van der Waals surface area contributed by atoms with Crippen LogP contribution in [0.2, 0.25) is 5.02 Å². The molecule has 0 aliphatic carbocycles. The minimum Gasteiger partial charge on any atom is -0.386 e. The highest BCUT2D eigenvalue weighted by Crippen LogP contribution is 2.37. The van der Waals surface area contributed by atoms with Crippen molar-refractivity contribution in [3.05, 3.63) is 59.2 Å². The van der Waals surface area contributed by atoms with Crippen LogP contribution in [0.3, 0.4) is 0 Å². The van der Waals surface area contributed by atoms with E-state index < -0.39 is 15.9 Å². The Morgan fingerprint density at radius 2 is 1.87 bits per heavy atom. The average Bonchev–Trinajstić information content (AvgIpc) is 2.85. The molecule has 0 spiro atoms. The number of rotatable bonds is 4.